The fraction of sp³-hybridized carbons (Fsp3) is 0.304. The van der Waals surface area contributed by atoms with Gasteiger partial charge in [0.2, 0.25) is 0 Å². The smallest absolute Gasteiger partial charge is 0.257 e. The van der Waals surface area contributed by atoms with Gasteiger partial charge >= 0.3 is 0 Å². The first-order valence-corrected chi connectivity index (χ1v) is 9.73. The number of hydrogen-bond donors (Lipinski definition) is 0. The number of rotatable bonds is 6. The molecule has 0 bridgehead atoms. The highest BCUT2D eigenvalue weighted by molar-refractivity contribution is 6.03. The molecule has 1 aromatic carbocycles. The third-order valence-electron chi connectivity index (χ3n) is 5.05. The van der Waals surface area contributed by atoms with Gasteiger partial charge in [-0.1, -0.05) is 29.8 Å². The van der Waals surface area contributed by atoms with Crippen molar-refractivity contribution in [1.29, 1.82) is 0 Å². The molecule has 3 aromatic rings. The summed E-state index contributed by atoms with van der Waals surface area (Å²) in [7, 11) is 1.90. The lowest BCUT2D eigenvalue weighted by Gasteiger charge is -2.22. The van der Waals surface area contributed by atoms with Gasteiger partial charge in [-0.25, -0.2) is 5.01 Å². The minimum atomic E-state index is -0.229. The molecule has 0 aliphatic carbocycles. The van der Waals surface area contributed by atoms with E-state index >= 15 is 0 Å². The Bertz CT molecular complexity index is 1000. The van der Waals surface area contributed by atoms with E-state index in [2.05, 4.69) is 24.2 Å². The summed E-state index contributed by atoms with van der Waals surface area (Å²) in [6, 6.07) is 15.6. The summed E-state index contributed by atoms with van der Waals surface area (Å²) in [6.45, 7) is 4.77. The Labute approximate surface area is 170 Å². The van der Waals surface area contributed by atoms with Gasteiger partial charge in [-0.2, -0.15) is 5.10 Å². The second kappa shape index (κ2) is 8.09. The molecule has 6 nitrogen and oxygen atoms in total. The Kier molecular flexibility index (Phi) is 5.36. The summed E-state index contributed by atoms with van der Waals surface area (Å²) in [5.41, 5.74) is 3.11. The fourth-order valence-electron chi connectivity index (χ4n) is 3.56. The van der Waals surface area contributed by atoms with Gasteiger partial charge in [0.25, 0.3) is 5.91 Å². The molecule has 0 unspecified atom stereocenters. The SMILES string of the molecule is Cc1ccc(C2=NN(C(=O)CN(C)Cc3ccc(C)o3)[C@H](c3ccco3)C2)cc1. The van der Waals surface area contributed by atoms with E-state index in [9.17, 15) is 4.79 Å². The van der Waals surface area contributed by atoms with E-state index in [0.717, 1.165) is 28.6 Å². The highest BCUT2D eigenvalue weighted by atomic mass is 16.3. The van der Waals surface area contributed by atoms with Crippen LogP contribution in [0.3, 0.4) is 0 Å². The van der Waals surface area contributed by atoms with E-state index in [-0.39, 0.29) is 18.5 Å². The van der Waals surface area contributed by atoms with Gasteiger partial charge in [-0.15, -0.1) is 0 Å². The van der Waals surface area contributed by atoms with Crippen molar-refractivity contribution < 1.29 is 13.6 Å². The van der Waals surface area contributed by atoms with Crippen LogP contribution in [0.1, 0.15) is 40.9 Å². The van der Waals surface area contributed by atoms with Crippen LogP contribution in [-0.4, -0.2) is 35.1 Å². The second-order valence-corrected chi connectivity index (χ2v) is 7.57. The predicted octanol–water partition coefficient (Wildman–Crippen LogP) is 4.30. The lowest BCUT2D eigenvalue weighted by Crippen LogP contribution is -2.36. The highest BCUT2D eigenvalue weighted by Gasteiger charge is 2.35. The third-order valence-corrected chi connectivity index (χ3v) is 5.05. The van der Waals surface area contributed by atoms with Crippen molar-refractivity contribution in [3.63, 3.8) is 0 Å². The van der Waals surface area contributed by atoms with Gasteiger partial charge in [0.1, 0.15) is 23.3 Å². The molecule has 0 saturated heterocycles. The van der Waals surface area contributed by atoms with Crippen LogP contribution in [0.5, 0.6) is 0 Å². The van der Waals surface area contributed by atoms with Crippen molar-refractivity contribution in [2.24, 2.45) is 5.10 Å². The molecule has 1 atom stereocenters. The number of nitrogens with zero attached hydrogens (tertiary/aromatic N) is 3. The number of amides is 1. The van der Waals surface area contributed by atoms with Crippen LogP contribution < -0.4 is 0 Å². The summed E-state index contributed by atoms with van der Waals surface area (Å²) in [5, 5.41) is 6.25. The minimum absolute atomic E-state index is 0.0701. The van der Waals surface area contributed by atoms with E-state index < -0.39 is 0 Å². The Morgan fingerprint density at radius 3 is 2.62 bits per heavy atom. The Balaban J connectivity index is 1.52. The number of aryl methyl sites for hydroxylation is 2. The number of hydrazone groups is 1. The standard InChI is InChI=1S/C23H25N3O3/c1-16-6-9-18(10-7-16)20-13-21(22-5-4-12-28-22)26(24-20)23(27)15-25(3)14-19-11-8-17(2)29-19/h4-12,21H,13-15H2,1-3H3/t21-/m0/s1. The van der Waals surface area contributed by atoms with E-state index in [1.807, 2.05) is 55.3 Å². The van der Waals surface area contributed by atoms with Gasteiger partial charge < -0.3 is 8.83 Å². The number of benzene rings is 1. The summed E-state index contributed by atoms with van der Waals surface area (Å²) in [6.07, 6.45) is 2.26. The Morgan fingerprint density at radius 1 is 1.17 bits per heavy atom. The van der Waals surface area contributed by atoms with E-state index in [1.165, 1.54) is 5.56 Å². The molecule has 4 rings (SSSR count). The molecule has 29 heavy (non-hydrogen) atoms. The molecule has 0 saturated carbocycles. The molecule has 1 aliphatic heterocycles. The molecule has 0 spiro atoms. The molecule has 6 heteroatoms. The fourth-order valence-corrected chi connectivity index (χ4v) is 3.56. The van der Waals surface area contributed by atoms with Gasteiger partial charge in [-0.05, 0) is 50.7 Å². The monoisotopic (exact) mass is 391 g/mol. The average Bonchev–Trinajstić information content (AvgIpc) is 3.42. The van der Waals surface area contributed by atoms with Crippen LogP contribution in [-0.2, 0) is 11.3 Å². The third kappa shape index (κ3) is 4.32. The van der Waals surface area contributed by atoms with Gasteiger partial charge in [0.15, 0.2) is 0 Å². The Hall–Kier alpha value is -3.12. The minimum Gasteiger partial charge on any atom is -0.467 e. The number of hydrogen-bond acceptors (Lipinski definition) is 5. The first kappa shape index (κ1) is 19.2. The number of carbonyl (C=O) groups is 1. The van der Waals surface area contributed by atoms with Gasteiger partial charge in [0, 0.05) is 6.42 Å². The number of furan rings is 2. The maximum Gasteiger partial charge on any atom is 0.257 e. The van der Waals surface area contributed by atoms with Gasteiger partial charge in [0.05, 0.1) is 25.1 Å². The number of likely N-dealkylation sites (N-methyl/N-ethyl adjacent to an activating group) is 1. The molecule has 0 radical (unpaired) electrons. The van der Waals surface area contributed by atoms with E-state index in [0.29, 0.717) is 13.0 Å². The van der Waals surface area contributed by atoms with Crippen LogP contribution in [0.2, 0.25) is 0 Å². The van der Waals surface area contributed by atoms with Crippen LogP contribution in [0.25, 0.3) is 0 Å². The van der Waals surface area contributed by atoms with Crippen LogP contribution >= 0.6 is 0 Å². The quantitative estimate of drug-likeness (QED) is 0.629. The van der Waals surface area contributed by atoms with Crippen LogP contribution in [0.4, 0.5) is 0 Å². The second-order valence-electron chi connectivity index (χ2n) is 7.57. The molecular formula is C23H25N3O3. The van der Waals surface area contributed by atoms with E-state index in [1.54, 1.807) is 11.3 Å². The summed E-state index contributed by atoms with van der Waals surface area (Å²) < 4.78 is 11.2. The van der Waals surface area contributed by atoms with Crippen molar-refractivity contribution in [1.82, 2.24) is 9.91 Å². The van der Waals surface area contributed by atoms with Gasteiger partial charge in [-0.3, -0.25) is 9.69 Å². The molecule has 0 fully saturated rings. The lowest BCUT2D eigenvalue weighted by atomic mass is 10.0. The van der Waals surface area contributed by atoms with Crippen molar-refractivity contribution >= 4 is 11.6 Å². The number of carbonyl (C=O) groups excluding carboxylic acids is 1. The highest BCUT2D eigenvalue weighted by Crippen LogP contribution is 2.33. The van der Waals surface area contributed by atoms with E-state index in [4.69, 9.17) is 8.83 Å². The molecule has 1 amide bonds. The summed E-state index contributed by atoms with van der Waals surface area (Å²) in [5.74, 6) is 2.38. The Morgan fingerprint density at radius 2 is 1.97 bits per heavy atom. The molecular weight excluding hydrogens is 366 g/mol. The average molecular weight is 391 g/mol. The first-order valence-electron chi connectivity index (χ1n) is 9.73. The maximum atomic E-state index is 13.1. The molecule has 0 N–H and O–H groups in total. The van der Waals surface area contributed by atoms with Crippen molar-refractivity contribution in [2.75, 3.05) is 13.6 Å². The molecule has 150 valence electrons. The van der Waals surface area contributed by atoms with Crippen molar-refractivity contribution in [3.8, 4) is 0 Å². The maximum absolute atomic E-state index is 13.1. The summed E-state index contributed by atoms with van der Waals surface area (Å²) in [4.78, 5) is 15.0. The van der Waals surface area contributed by atoms with Crippen LogP contribution in [0.15, 0.2) is 68.7 Å². The zero-order valence-corrected chi connectivity index (χ0v) is 17.0. The largest absolute Gasteiger partial charge is 0.467 e. The van der Waals surface area contributed by atoms with Crippen LogP contribution in [0, 0.1) is 13.8 Å². The predicted molar refractivity (Wildman–Crippen MR) is 110 cm³/mol. The summed E-state index contributed by atoms with van der Waals surface area (Å²) >= 11 is 0. The molecule has 3 heterocycles. The normalized spacial score (nSPS) is 16.5. The van der Waals surface area contributed by atoms with Crippen molar-refractivity contribution in [2.45, 2.75) is 32.9 Å². The van der Waals surface area contributed by atoms with Crippen molar-refractivity contribution in [3.05, 3.63) is 83.2 Å². The zero-order valence-electron chi connectivity index (χ0n) is 17.0. The lowest BCUT2D eigenvalue weighted by molar-refractivity contribution is -0.134. The topological polar surface area (TPSA) is 62.2 Å². The zero-order chi connectivity index (χ0) is 20.4. The first-order chi connectivity index (χ1) is 14.0. The molecule has 1 aliphatic rings. The molecule has 2 aromatic heterocycles.